The summed E-state index contributed by atoms with van der Waals surface area (Å²) in [5.41, 5.74) is 0.266. The second kappa shape index (κ2) is 5.77. The zero-order valence-electron chi connectivity index (χ0n) is 9.68. The lowest BCUT2D eigenvalue weighted by Crippen LogP contribution is -2.23. The Hall–Kier alpha value is -1.31. The minimum Gasteiger partial charge on any atom is -0.263 e. The van der Waals surface area contributed by atoms with Crippen molar-refractivity contribution in [3.63, 3.8) is 0 Å². The molecule has 0 aliphatic carbocycles. The normalized spacial score (nSPS) is 11.5. The second-order valence-electron chi connectivity index (χ2n) is 3.75. The maximum absolute atomic E-state index is 13.5. The Bertz CT molecular complexity index is 677. The van der Waals surface area contributed by atoms with Crippen molar-refractivity contribution in [3.8, 4) is 0 Å². The van der Waals surface area contributed by atoms with E-state index in [-0.39, 0.29) is 17.0 Å². The van der Waals surface area contributed by atoms with Crippen molar-refractivity contribution >= 4 is 26.0 Å². The van der Waals surface area contributed by atoms with Crippen LogP contribution in [0.2, 0.25) is 0 Å². The first-order valence-electron chi connectivity index (χ1n) is 5.33. The summed E-state index contributed by atoms with van der Waals surface area (Å²) in [4.78, 5) is 3.78. The highest BCUT2D eigenvalue weighted by Crippen LogP contribution is 2.16. The molecular formula is C12H10BrFN2O2S. The summed E-state index contributed by atoms with van der Waals surface area (Å²) < 4.78 is 40.3. The van der Waals surface area contributed by atoms with Crippen molar-refractivity contribution in [1.82, 2.24) is 9.71 Å². The van der Waals surface area contributed by atoms with E-state index in [9.17, 15) is 12.8 Å². The number of hydrogen-bond acceptors (Lipinski definition) is 3. The van der Waals surface area contributed by atoms with Gasteiger partial charge in [-0.05, 0) is 30.3 Å². The second-order valence-corrected chi connectivity index (χ2v) is 6.43. The van der Waals surface area contributed by atoms with E-state index in [1.807, 2.05) is 0 Å². The maximum atomic E-state index is 13.5. The number of aromatic nitrogens is 1. The van der Waals surface area contributed by atoms with E-state index in [4.69, 9.17) is 0 Å². The average Bonchev–Trinajstić information content (AvgIpc) is 2.41. The molecule has 0 aliphatic heterocycles. The van der Waals surface area contributed by atoms with Crippen LogP contribution in [-0.4, -0.2) is 13.4 Å². The summed E-state index contributed by atoms with van der Waals surface area (Å²) in [6.45, 7) is -0.123. The molecule has 0 unspecified atom stereocenters. The standard InChI is InChI=1S/C12H10BrFN2O2S/c13-10-3-4-12(14)9(6-10)7-16-19(17,18)11-2-1-5-15-8-11/h1-6,8,16H,7H2. The molecule has 7 heteroatoms. The van der Waals surface area contributed by atoms with Gasteiger partial charge in [0.2, 0.25) is 10.0 Å². The van der Waals surface area contributed by atoms with E-state index in [2.05, 4.69) is 25.6 Å². The molecule has 100 valence electrons. The zero-order valence-corrected chi connectivity index (χ0v) is 12.1. The molecule has 0 bridgehead atoms. The number of halogens is 2. The summed E-state index contributed by atoms with van der Waals surface area (Å²) in [7, 11) is -3.68. The highest BCUT2D eigenvalue weighted by Gasteiger charge is 2.14. The van der Waals surface area contributed by atoms with Crippen LogP contribution >= 0.6 is 15.9 Å². The van der Waals surface area contributed by atoms with Gasteiger partial charge in [-0.2, -0.15) is 0 Å². The Morgan fingerprint density at radius 2 is 2.11 bits per heavy atom. The minimum atomic E-state index is -3.68. The predicted octanol–water partition coefficient (Wildman–Crippen LogP) is 2.46. The monoisotopic (exact) mass is 344 g/mol. The molecule has 1 aromatic carbocycles. The summed E-state index contributed by atoms with van der Waals surface area (Å²) in [5.74, 6) is -0.461. The van der Waals surface area contributed by atoms with Crippen molar-refractivity contribution in [2.45, 2.75) is 11.4 Å². The summed E-state index contributed by atoms with van der Waals surface area (Å²) in [6.07, 6.45) is 2.71. The Balaban J connectivity index is 2.17. The number of pyridine rings is 1. The van der Waals surface area contributed by atoms with E-state index < -0.39 is 15.8 Å². The molecule has 1 aromatic heterocycles. The summed E-state index contributed by atoms with van der Waals surface area (Å²) >= 11 is 3.21. The smallest absolute Gasteiger partial charge is 0.242 e. The molecule has 4 nitrogen and oxygen atoms in total. The van der Waals surface area contributed by atoms with Crippen LogP contribution in [0.3, 0.4) is 0 Å². The van der Waals surface area contributed by atoms with Crippen LogP contribution in [0.4, 0.5) is 4.39 Å². The lowest BCUT2D eigenvalue weighted by Gasteiger charge is -2.07. The third kappa shape index (κ3) is 3.59. The topological polar surface area (TPSA) is 59.1 Å². The van der Waals surface area contributed by atoms with Crippen molar-refractivity contribution in [2.75, 3.05) is 0 Å². The fraction of sp³-hybridized carbons (Fsp3) is 0.0833. The van der Waals surface area contributed by atoms with E-state index in [0.717, 1.165) is 0 Å². The number of benzene rings is 1. The zero-order chi connectivity index (χ0) is 13.9. The molecule has 0 saturated carbocycles. The van der Waals surface area contributed by atoms with E-state index in [1.165, 1.54) is 36.7 Å². The molecule has 0 amide bonds. The van der Waals surface area contributed by atoms with Crippen LogP contribution in [-0.2, 0) is 16.6 Å². The lowest BCUT2D eigenvalue weighted by atomic mass is 10.2. The van der Waals surface area contributed by atoms with Gasteiger partial charge in [0, 0.05) is 29.0 Å². The highest BCUT2D eigenvalue weighted by atomic mass is 79.9. The average molecular weight is 345 g/mol. The van der Waals surface area contributed by atoms with Crippen molar-refractivity contribution in [3.05, 3.63) is 58.6 Å². The number of nitrogens with one attached hydrogen (secondary N) is 1. The van der Waals surface area contributed by atoms with Gasteiger partial charge in [0.25, 0.3) is 0 Å². The molecule has 0 radical (unpaired) electrons. The van der Waals surface area contributed by atoms with Crippen LogP contribution in [0.15, 0.2) is 52.1 Å². The van der Waals surface area contributed by atoms with Crippen LogP contribution in [0, 0.1) is 5.82 Å². The molecule has 2 aromatic rings. The largest absolute Gasteiger partial charge is 0.263 e. The van der Waals surface area contributed by atoms with Gasteiger partial charge in [-0.15, -0.1) is 0 Å². The van der Waals surface area contributed by atoms with Gasteiger partial charge in [0.1, 0.15) is 10.7 Å². The van der Waals surface area contributed by atoms with E-state index in [1.54, 1.807) is 6.07 Å². The maximum Gasteiger partial charge on any atom is 0.242 e. The van der Waals surface area contributed by atoms with Crippen LogP contribution in [0.5, 0.6) is 0 Å². The number of hydrogen-bond donors (Lipinski definition) is 1. The van der Waals surface area contributed by atoms with E-state index in [0.29, 0.717) is 4.47 Å². The first-order chi connectivity index (χ1) is 8.99. The third-order valence-electron chi connectivity index (χ3n) is 2.41. The summed E-state index contributed by atoms with van der Waals surface area (Å²) in [5, 5.41) is 0. The van der Waals surface area contributed by atoms with Crippen LogP contribution in [0.25, 0.3) is 0 Å². The van der Waals surface area contributed by atoms with Gasteiger partial charge >= 0.3 is 0 Å². The molecule has 0 atom stereocenters. The Morgan fingerprint density at radius 3 is 2.79 bits per heavy atom. The minimum absolute atomic E-state index is 0.0467. The van der Waals surface area contributed by atoms with Gasteiger partial charge in [0.15, 0.2) is 0 Å². The SMILES string of the molecule is O=S(=O)(NCc1cc(Br)ccc1F)c1cccnc1. The number of rotatable bonds is 4. The van der Waals surface area contributed by atoms with Gasteiger partial charge in [-0.1, -0.05) is 15.9 Å². The fourth-order valence-electron chi connectivity index (χ4n) is 1.44. The lowest BCUT2D eigenvalue weighted by molar-refractivity contribution is 0.574. The molecule has 19 heavy (non-hydrogen) atoms. The van der Waals surface area contributed by atoms with Crippen LogP contribution < -0.4 is 4.72 Å². The van der Waals surface area contributed by atoms with Crippen LogP contribution in [0.1, 0.15) is 5.56 Å². The molecular weight excluding hydrogens is 335 g/mol. The van der Waals surface area contributed by atoms with Gasteiger partial charge < -0.3 is 0 Å². The molecule has 1 heterocycles. The third-order valence-corrected chi connectivity index (χ3v) is 4.28. The van der Waals surface area contributed by atoms with Crippen molar-refractivity contribution in [2.24, 2.45) is 0 Å². The van der Waals surface area contributed by atoms with E-state index >= 15 is 0 Å². The molecule has 1 N–H and O–H groups in total. The first-order valence-corrected chi connectivity index (χ1v) is 7.60. The Labute approximate surface area is 118 Å². The predicted molar refractivity (Wildman–Crippen MR) is 72.4 cm³/mol. The molecule has 2 rings (SSSR count). The highest BCUT2D eigenvalue weighted by molar-refractivity contribution is 9.10. The first kappa shape index (κ1) is 14.1. The molecule has 0 fully saturated rings. The quantitative estimate of drug-likeness (QED) is 0.926. The van der Waals surface area contributed by atoms with Crippen molar-refractivity contribution in [1.29, 1.82) is 0 Å². The van der Waals surface area contributed by atoms with Gasteiger partial charge in [-0.25, -0.2) is 17.5 Å². The number of nitrogens with zero attached hydrogens (tertiary/aromatic N) is 1. The molecule has 0 aliphatic rings. The Kier molecular flexibility index (Phi) is 4.28. The van der Waals surface area contributed by atoms with Gasteiger partial charge in [-0.3, -0.25) is 4.98 Å². The van der Waals surface area contributed by atoms with Crippen molar-refractivity contribution < 1.29 is 12.8 Å². The summed E-state index contributed by atoms with van der Waals surface area (Å²) in [6, 6.07) is 7.30. The number of sulfonamides is 1. The fourth-order valence-corrected chi connectivity index (χ4v) is 2.82. The van der Waals surface area contributed by atoms with Gasteiger partial charge in [0.05, 0.1) is 0 Å². The molecule has 0 spiro atoms. The Morgan fingerprint density at radius 1 is 1.32 bits per heavy atom. The molecule has 0 saturated heterocycles.